The molecule has 3 aromatic heterocycles. The molecule has 1 aliphatic rings. The molecule has 34 heavy (non-hydrogen) atoms. The molecule has 10 nitrogen and oxygen atoms in total. The Kier molecular flexibility index (Phi) is 6.67. The van der Waals surface area contributed by atoms with Gasteiger partial charge in [0.1, 0.15) is 5.82 Å². The Labute approximate surface area is 198 Å². The van der Waals surface area contributed by atoms with Gasteiger partial charge in [0.05, 0.1) is 30.3 Å². The zero-order valence-corrected chi connectivity index (χ0v) is 20.1. The highest BCUT2D eigenvalue weighted by atomic mass is 16.5. The fraction of sp³-hybridized carbons (Fsp3) is 0.458. The third-order valence-corrected chi connectivity index (χ3v) is 6.50. The normalized spacial score (nSPS) is 16.0. The molecule has 10 heteroatoms. The molecule has 1 atom stereocenters. The van der Waals surface area contributed by atoms with Crippen molar-refractivity contribution in [1.82, 2.24) is 19.7 Å². The van der Waals surface area contributed by atoms with Gasteiger partial charge < -0.3 is 20.7 Å². The van der Waals surface area contributed by atoms with Crippen LogP contribution in [0.1, 0.15) is 36.1 Å². The molecule has 180 valence electrons. The third kappa shape index (κ3) is 4.66. The number of nitrogens with one attached hydrogen (secondary N) is 1. The summed E-state index contributed by atoms with van der Waals surface area (Å²) in [6.45, 7) is 5.37. The summed E-state index contributed by atoms with van der Waals surface area (Å²) >= 11 is 0. The van der Waals surface area contributed by atoms with Crippen LogP contribution in [-0.2, 0) is 23.1 Å². The molecule has 1 aliphatic heterocycles. The lowest BCUT2D eigenvalue weighted by Gasteiger charge is -2.32. The number of nitrogens with zero attached hydrogens (tertiary/aromatic N) is 5. The quantitative estimate of drug-likeness (QED) is 0.548. The first-order valence-electron chi connectivity index (χ1n) is 11.5. The summed E-state index contributed by atoms with van der Waals surface area (Å²) in [6.07, 6.45) is 4.22. The standard InChI is InChI=1S/C24H31N7O3/c1-14-18(15(2)27-23-21(14)24(34-4)29-30(23)3)8-10-20(32)28-17-7-9-19(26-12-17)31-11-5-6-16(13-31)22(25)33/h7,9,12,16H,5-6,8,10-11,13H2,1-4H3,(H2,25,33)(H,28,32). The van der Waals surface area contributed by atoms with Gasteiger partial charge in [-0.25, -0.2) is 14.6 Å². The maximum atomic E-state index is 12.6. The molecule has 0 saturated carbocycles. The number of rotatable bonds is 7. The summed E-state index contributed by atoms with van der Waals surface area (Å²) in [5, 5.41) is 8.17. The van der Waals surface area contributed by atoms with Crippen molar-refractivity contribution in [2.45, 2.75) is 39.5 Å². The summed E-state index contributed by atoms with van der Waals surface area (Å²) in [7, 11) is 3.43. The first kappa shape index (κ1) is 23.5. The average Bonchev–Trinajstić information content (AvgIpc) is 3.15. The predicted octanol–water partition coefficient (Wildman–Crippen LogP) is 2.26. The Morgan fingerprint density at radius 2 is 2.09 bits per heavy atom. The smallest absolute Gasteiger partial charge is 0.242 e. The van der Waals surface area contributed by atoms with E-state index in [-0.39, 0.29) is 17.7 Å². The lowest BCUT2D eigenvalue weighted by molar-refractivity contribution is -0.122. The number of aryl methyl sites for hydroxylation is 3. The number of carbonyl (C=O) groups excluding carboxylic acids is 2. The van der Waals surface area contributed by atoms with E-state index in [0.29, 0.717) is 31.0 Å². The van der Waals surface area contributed by atoms with Crippen LogP contribution in [0.3, 0.4) is 0 Å². The predicted molar refractivity (Wildman–Crippen MR) is 130 cm³/mol. The van der Waals surface area contributed by atoms with Crippen molar-refractivity contribution in [3.8, 4) is 5.88 Å². The summed E-state index contributed by atoms with van der Waals surface area (Å²) in [4.78, 5) is 35.4. The Bertz CT molecular complexity index is 1220. The molecular formula is C24H31N7O3. The molecule has 2 amide bonds. The van der Waals surface area contributed by atoms with Crippen molar-refractivity contribution in [1.29, 1.82) is 0 Å². The van der Waals surface area contributed by atoms with Crippen LogP contribution in [0.5, 0.6) is 5.88 Å². The van der Waals surface area contributed by atoms with Gasteiger partial charge in [0.15, 0.2) is 5.65 Å². The zero-order valence-electron chi connectivity index (χ0n) is 20.1. The number of pyridine rings is 2. The topological polar surface area (TPSA) is 128 Å². The molecule has 1 saturated heterocycles. The number of hydrogen-bond donors (Lipinski definition) is 2. The Balaban J connectivity index is 1.40. The van der Waals surface area contributed by atoms with E-state index >= 15 is 0 Å². The number of primary amides is 1. The van der Waals surface area contributed by atoms with Crippen LogP contribution < -0.4 is 20.7 Å². The van der Waals surface area contributed by atoms with Crippen molar-refractivity contribution in [2.75, 3.05) is 30.4 Å². The maximum absolute atomic E-state index is 12.6. The van der Waals surface area contributed by atoms with E-state index in [1.807, 2.05) is 33.0 Å². The average molecular weight is 466 g/mol. The number of methoxy groups -OCH3 is 1. The van der Waals surface area contributed by atoms with E-state index < -0.39 is 0 Å². The minimum absolute atomic E-state index is 0.0987. The van der Waals surface area contributed by atoms with Gasteiger partial charge in [-0.15, -0.1) is 5.10 Å². The van der Waals surface area contributed by atoms with Crippen LogP contribution >= 0.6 is 0 Å². The van der Waals surface area contributed by atoms with Crippen LogP contribution in [0.15, 0.2) is 18.3 Å². The van der Waals surface area contributed by atoms with E-state index in [4.69, 9.17) is 10.5 Å². The van der Waals surface area contributed by atoms with E-state index in [9.17, 15) is 9.59 Å². The number of fused-ring (bicyclic) bond motifs is 1. The van der Waals surface area contributed by atoms with Gasteiger partial charge in [-0.1, -0.05) is 0 Å². The monoisotopic (exact) mass is 465 g/mol. The second-order valence-electron chi connectivity index (χ2n) is 8.77. The minimum Gasteiger partial charge on any atom is -0.479 e. The van der Waals surface area contributed by atoms with Crippen molar-refractivity contribution >= 4 is 34.4 Å². The van der Waals surface area contributed by atoms with Crippen molar-refractivity contribution < 1.29 is 14.3 Å². The summed E-state index contributed by atoms with van der Waals surface area (Å²) in [5.41, 5.74) is 9.80. The molecule has 0 radical (unpaired) electrons. The fourth-order valence-corrected chi connectivity index (χ4v) is 4.63. The summed E-state index contributed by atoms with van der Waals surface area (Å²) in [6, 6.07) is 3.69. The van der Waals surface area contributed by atoms with Crippen molar-refractivity contribution in [2.24, 2.45) is 18.7 Å². The Morgan fingerprint density at radius 1 is 1.29 bits per heavy atom. The molecule has 4 rings (SSSR count). The van der Waals surface area contributed by atoms with Gasteiger partial charge >= 0.3 is 0 Å². The SMILES string of the molecule is COc1nn(C)c2nc(C)c(CCC(=O)Nc3ccc(N4CCCC(C(N)=O)C4)nc3)c(C)c12. The van der Waals surface area contributed by atoms with Crippen LogP contribution in [0.25, 0.3) is 11.0 Å². The van der Waals surface area contributed by atoms with Crippen molar-refractivity contribution in [3.05, 3.63) is 35.2 Å². The molecule has 0 aliphatic carbocycles. The number of amides is 2. The maximum Gasteiger partial charge on any atom is 0.242 e. The number of nitrogens with two attached hydrogens (primary N) is 1. The highest BCUT2D eigenvalue weighted by molar-refractivity contribution is 5.91. The molecule has 0 aromatic carbocycles. The molecule has 1 fully saturated rings. The zero-order chi connectivity index (χ0) is 24.4. The van der Waals surface area contributed by atoms with Gasteiger partial charge in [0.25, 0.3) is 0 Å². The summed E-state index contributed by atoms with van der Waals surface area (Å²) < 4.78 is 7.12. The van der Waals surface area contributed by atoms with Gasteiger partial charge in [-0.2, -0.15) is 0 Å². The molecule has 0 spiro atoms. The van der Waals surface area contributed by atoms with Crippen molar-refractivity contribution in [3.63, 3.8) is 0 Å². The van der Waals surface area contributed by atoms with Gasteiger partial charge in [-0.05, 0) is 56.4 Å². The van der Waals surface area contributed by atoms with E-state index in [2.05, 4.69) is 25.3 Å². The van der Waals surface area contributed by atoms with Crippen LogP contribution in [-0.4, -0.2) is 51.8 Å². The Morgan fingerprint density at radius 3 is 2.76 bits per heavy atom. The van der Waals surface area contributed by atoms with E-state index in [0.717, 1.165) is 53.1 Å². The third-order valence-electron chi connectivity index (χ3n) is 6.50. The number of aromatic nitrogens is 4. The molecular weight excluding hydrogens is 434 g/mol. The summed E-state index contributed by atoms with van der Waals surface area (Å²) in [5.74, 6) is 0.797. The molecule has 4 heterocycles. The highest BCUT2D eigenvalue weighted by Crippen LogP contribution is 2.30. The van der Waals surface area contributed by atoms with Gasteiger partial charge in [-0.3, -0.25) is 9.59 Å². The highest BCUT2D eigenvalue weighted by Gasteiger charge is 2.24. The first-order valence-corrected chi connectivity index (χ1v) is 11.5. The first-order chi connectivity index (χ1) is 16.3. The lowest BCUT2D eigenvalue weighted by Crippen LogP contribution is -2.41. The lowest BCUT2D eigenvalue weighted by atomic mass is 9.97. The van der Waals surface area contributed by atoms with Crippen LogP contribution in [0.4, 0.5) is 11.5 Å². The number of piperidine rings is 1. The van der Waals surface area contributed by atoms with Crippen LogP contribution in [0.2, 0.25) is 0 Å². The molecule has 1 unspecified atom stereocenters. The number of ether oxygens (including phenoxy) is 1. The van der Waals surface area contributed by atoms with Crippen LogP contribution in [0, 0.1) is 19.8 Å². The Hall–Kier alpha value is -3.69. The fourth-order valence-electron chi connectivity index (χ4n) is 4.63. The second kappa shape index (κ2) is 9.66. The van der Waals surface area contributed by atoms with Gasteiger partial charge in [0.2, 0.25) is 17.7 Å². The van der Waals surface area contributed by atoms with Gasteiger partial charge in [0, 0.05) is 32.3 Å². The largest absolute Gasteiger partial charge is 0.479 e. The number of carbonyl (C=O) groups is 2. The van der Waals surface area contributed by atoms with E-state index in [1.165, 1.54) is 0 Å². The second-order valence-corrected chi connectivity index (χ2v) is 8.77. The minimum atomic E-state index is -0.268. The molecule has 3 N–H and O–H groups in total. The molecule has 0 bridgehead atoms. The number of anilines is 2. The van der Waals surface area contributed by atoms with E-state index in [1.54, 1.807) is 18.0 Å². The molecule has 3 aromatic rings. The number of hydrogen-bond acceptors (Lipinski definition) is 7.